The number of benzene rings is 2. The number of fused-ring (bicyclic) bond motifs is 2. The summed E-state index contributed by atoms with van der Waals surface area (Å²) in [6.07, 6.45) is 5.41. The zero-order valence-corrected chi connectivity index (χ0v) is 16.0. The van der Waals surface area contributed by atoms with Gasteiger partial charge in [-0.3, -0.25) is 9.59 Å². The summed E-state index contributed by atoms with van der Waals surface area (Å²) in [5.41, 5.74) is 7.98. The number of hydrogen-bond acceptors (Lipinski definition) is 6. The van der Waals surface area contributed by atoms with Crippen molar-refractivity contribution in [2.45, 2.75) is 25.7 Å². The van der Waals surface area contributed by atoms with E-state index in [9.17, 15) is 9.59 Å². The second kappa shape index (κ2) is 9.08. The van der Waals surface area contributed by atoms with Gasteiger partial charge in [-0.25, -0.2) is 0 Å². The summed E-state index contributed by atoms with van der Waals surface area (Å²) in [4.78, 5) is 30.6. The fraction of sp³-hybridized carbons (Fsp3) is 0.273. The standard InChI is InChI=1S/2C11H11NO2/c2*1-14-12-11-5-3-9-6-8(7-13)2-4-10(9)11/h2*2,4,6-7H,3,5H2,1H3. The van der Waals surface area contributed by atoms with Gasteiger partial charge in [0, 0.05) is 22.3 Å². The first-order valence-corrected chi connectivity index (χ1v) is 9.07. The van der Waals surface area contributed by atoms with Crippen LogP contribution in [-0.4, -0.2) is 38.2 Å². The lowest BCUT2D eigenvalue weighted by Crippen LogP contribution is -1.95. The lowest BCUT2D eigenvalue weighted by atomic mass is 10.1. The lowest BCUT2D eigenvalue weighted by Gasteiger charge is -1.99. The topological polar surface area (TPSA) is 77.3 Å². The summed E-state index contributed by atoms with van der Waals surface area (Å²) in [6.45, 7) is 0. The molecule has 0 fully saturated rings. The zero-order chi connectivity index (χ0) is 19.9. The Morgan fingerprint density at radius 1 is 0.714 bits per heavy atom. The predicted molar refractivity (Wildman–Crippen MR) is 107 cm³/mol. The van der Waals surface area contributed by atoms with E-state index in [1.165, 1.54) is 11.1 Å². The van der Waals surface area contributed by atoms with E-state index in [-0.39, 0.29) is 0 Å². The highest BCUT2D eigenvalue weighted by molar-refractivity contribution is 6.05. The van der Waals surface area contributed by atoms with E-state index in [2.05, 4.69) is 10.3 Å². The first-order valence-electron chi connectivity index (χ1n) is 9.07. The van der Waals surface area contributed by atoms with Crippen LogP contribution < -0.4 is 0 Å². The van der Waals surface area contributed by atoms with Crippen molar-refractivity contribution in [1.29, 1.82) is 0 Å². The van der Waals surface area contributed by atoms with Crippen molar-refractivity contribution in [3.05, 3.63) is 69.8 Å². The molecule has 0 amide bonds. The Kier molecular flexibility index (Phi) is 6.32. The highest BCUT2D eigenvalue weighted by atomic mass is 16.6. The number of hydrogen-bond donors (Lipinski definition) is 0. The minimum absolute atomic E-state index is 0.724. The quantitative estimate of drug-likeness (QED) is 0.602. The smallest absolute Gasteiger partial charge is 0.150 e. The van der Waals surface area contributed by atoms with Crippen LogP contribution in [0.2, 0.25) is 0 Å². The molecular formula is C22H22N2O4. The number of oxime groups is 2. The molecule has 2 aliphatic rings. The number of carbonyl (C=O) groups is 2. The van der Waals surface area contributed by atoms with E-state index in [4.69, 9.17) is 9.68 Å². The molecule has 0 aliphatic heterocycles. The van der Waals surface area contributed by atoms with E-state index < -0.39 is 0 Å². The predicted octanol–water partition coefficient (Wildman–Crippen LogP) is 3.59. The van der Waals surface area contributed by atoms with Gasteiger partial charge in [0.1, 0.15) is 26.8 Å². The third-order valence-electron chi connectivity index (χ3n) is 4.82. The van der Waals surface area contributed by atoms with Crippen molar-refractivity contribution >= 4 is 24.0 Å². The molecule has 0 saturated heterocycles. The average molecular weight is 378 g/mol. The van der Waals surface area contributed by atoms with Gasteiger partial charge in [0.15, 0.2) is 0 Å². The average Bonchev–Trinajstić information content (AvgIpc) is 3.32. The van der Waals surface area contributed by atoms with E-state index in [0.717, 1.165) is 71.9 Å². The van der Waals surface area contributed by atoms with Crippen molar-refractivity contribution in [1.82, 2.24) is 0 Å². The van der Waals surface area contributed by atoms with E-state index in [1.54, 1.807) is 14.2 Å². The summed E-state index contributed by atoms with van der Waals surface area (Å²) in [5, 5.41) is 7.90. The molecule has 6 nitrogen and oxygen atoms in total. The molecule has 2 aliphatic carbocycles. The summed E-state index contributed by atoms with van der Waals surface area (Å²) in [7, 11) is 3.09. The Bertz CT molecular complexity index is 870. The van der Waals surface area contributed by atoms with Crippen LogP contribution in [0, 0.1) is 0 Å². The van der Waals surface area contributed by atoms with Crippen molar-refractivity contribution in [2.24, 2.45) is 10.3 Å². The molecule has 144 valence electrons. The van der Waals surface area contributed by atoms with Crippen LogP contribution in [0.15, 0.2) is 46.7 Å². The number of rotatable bonds is 4. The molecule has 0 spiro atoms. The third kappa shape index (κ3) is 4.17. The SMILES string of the molecule is CON=C1CCc2cc(C=O)ccc21.CON=C1CCc2cc(C=O)ccc21. The molecular weight excluding hydrogens is 356 g/mol. The maximum atomic E-state index is 10.6. The molecule has 2 aromatic rings. The molecule has 0 bridgehead atoms. The molecule has 0 atom stereocenters. The summed E-state index contributed by atoms with van der Waals surface area (Å²) in [6, 6.07) is 11.3. The second-order valence-electron chi connectivity index (χ2n) is 6.51. The Morgan fingerprint density at radius 3 is 1.50 bits per heavy atom. The maximum Gasteiger partial charge on any atom is 0.150 e. The van der Waals surface area contributed by atoms with Crippen LogP contribution in [0.5, 0.6) is 0 Å². The van der Waals surface area contributed by atoms with E-state index in [1.807, 2.05) is 36.4 Å². The fourth-order valence-electron chi connectivity index (χ4n) is 3.54. The van der Waals surface area contributed by atoms with Crippen LogP contribution in [0.4, 0.5) is 0 Å². The number of aldehydes is 2. The van der Waals surface area contributed by atoms with Crippen LogP contribution >= 0.6 is 0 Å². The van der Waals surface area contributed by atoms with Gasteiger partial charge in [-0.05, 0) is 48.9 Å². The largest absolute Gasteiger partial charge is 0.399 e. The Hall–Kier alpha value is -3.28. The first kappa shape index (κ1) is 19.5. The summed E-state index contributed by atoms with van der Waals surface area (Å²) >= 11 is 0. The van der Waals surface area contributed by atoms with Gasteiger partial charge in [0.25, 0.3) is 0 Å². The third-order valence-corrected chi connectivity index (χ3v) is 4.82. The number of aryl methyl sites for hydroxylation is 2. The van der Waals surface area contributed by atoms with Crippen LogP contribution in [-0.2, 0) is 22.5 Å². The highest BCUT2D eigenvalue weighted by Gasteiger charge is 2.19. The van der Waals surface area contributed by atoms with Crippen LogP contribution in [0.25, 0.3) is 0 Å². The Morgan fingerprint density at radius 2 is 1.14 bits per heavy atom. The molecule has 0 aromatic heterocycles. The molecule has 28 heavy (non-hydrogen) atoms. The minimum atomic E-state index is 0.724. The van der Waals surface area contributed by atoms with Crippen LogP contribution in [0.1, 0.15) is 55.8 Å². The van der Waals surface area contributed by atoms with Crippen molar-refractivity contribution in [2.75, 3.05) is 14.2 Å². The molecule has 6 heteroatoms. The molecule has 0 heterocycles. The van der Waals surface area contributed by atoms with E-state index >= 15 is 0 Å². The first-order chi connectivity index (χ1) is 13.7. The van der Waals surface area contributed by atoms with E-state index in [0.29, 0.717) is 0 Å². The lowest BCUT2D eigenvalue weighted by molar-refractivity contribution is 0.111. The van der Waals surface area contributed by atoms with Gasteiger partial charge < -0.3 is 9.68 Å². The summed E-state index contributed by atoms with van der Waals surface area (Å²) < 4.78 is 0. The normalized spacial score (nSPS) is 16.8. The van der Waals surface area contributed by atoms with Gasteiger partial charge in [0.05, 0.1) is 11.4 Å². The van der Waals surface area contributed by atoms with Gasteiger partial charge in [-0.2, -0.15) is 0 Å². The van der Waals surface area contributed by atoms with Gasteiger partial charge in [0.2, 0.25) is 0 Å². The zero-order valence-electron chi connectivity index (χ0n) is 16.0. The monoisotopic (exact) mass is 378 g/mol. The molecule has 0 saturated carbocycles. The van der Waals surface area contributed by atoms with Crippen LogP contribution in [0.3, 0.4) is 0 Å². The van der Waals surface area contributed by atoms with Gasteiger partial charge in [-0.1, -0.05) is 34.6 Å². The fourth-order valence-corrected chi connectivity index (χ4v) is 3.54. The molecule has 0 N–H and O–H groups in total. The molecule has 0 radical (unpaired) electrons. The van der Waals surface area contributed by atoms with Crippen molar-refractivity contribution in [3.8, 4) is 0 Å². The summed E-state index contributed by atoms with van der Waals surface area (Å²) in [5.74, 6) is 0. The molecule has 4 rings (SSSR count). The second-order valence-corrected chi connectivity index (χ2v) is 6.51. The van der Waals surface area contributed by atoms with Gasteiger partial charge in [-0.15, -0.1) is 0 Å². The maximum absolute atomic E-state index is 10.6. The molecule has 0 unspecified atom stereocenters. The highest BCUT2D eigenvalue weighted by Crippen LogP contribution is 2.24. The van der Waals surface area contributed by atoms with Crippen molar-refractivity contribution in [3.63, 3.8) is 0 Å². The number of carbonyl (C=O) groups excluding carboxylic acids is 2. The minimum Gasteiger partial charge on any atom is -0.399 e. The molecule has 2 aromatic carbocycles. The Labute approximate surface area is 163 Å². The van der Waals surface area contributed by atoms with Gasteiger partial charge >= 0.3 is 0 Å². The Balaban J connectivity index is 0.000000161. The number of nitrogens with zero attached hydrogens (tertiary/aromatic N) is 2. The van der Waals surface area contributed by atoms with Crippen molar-refractivity contribution < 1.29 is 19.3 Å².